The van der Waals surface area contributed by atoms with Crippen LogP contribution < -0.4 is 9.30 Å². The normalized spacial score (nSPS) is 11.0. The minimum atomic E-state index is -6.00. The highest BCUT2D eigenvalue weighted by Crippen LogP contribution is 2.15. The average Bonchev–Trinajstić information content (AvgIpc) is 2.91. The minimum Gasteiger partial charge on any atom is -0.494 e. The van der Waals surface area contributed by atoms with E-state index in [0.717, 1.165) is 25.3 Å². The summed E-state index contributed by atoms with van der Waals surface area (Å²) in [6.45, 7) is 3.89. The zero-order valence-electron chi connectivity index (χ0n) is 23.7. The van der Waals surface area contributed by atoms with Gasteiger partial charge in [-0.25, -0.2) is 4.57 Å². The maximum atomic E-state index is 9.75. The molecule has 2 aromatic rings. The van der Waals surface area contributed by atoms with Crippen molar-refractivity contribution in [3.63, 3.8) is 0 Å². The van der Waals surface area contributed by atoms with Crippen molar-refractivity contribution in [3.8, 4) is 11.8 Å². The second-order valence-electron chi connectivity index (χ2n) is 10.2. The van der Waals surface area contributed by atoms with Crippen LogP contribution in [0.5, 0.6) is 5.75 Å². The van der Waals surface area contributed by atoms with E-state index in [9.17, 15) is 17.3 Å². The molecule has 0 aliphatic carbocycles. The largest absolute Gasteiger partial charge is 0.673 e. The number of nitriles is 1. The first kappa shape index (κ1) is 34.5. The van der Waals surface area contributed by atoms with Crippen molar-refractivity contribution in [2.24, 2.45) is 0 Å². The summed E-state index contributed by atoms with van der Waals surface area (Å²) in [4.78, 5) is 0. The SMILES string of the molecule is CCCCCCCCCCCCCCCCCCOc1ccc(C[n+]2ccc(C#N)cc2)cc1.F[B-](F)(F)F. The van der Waals surface area contributed by atoms with Gasteiger partial charge < -0.3 is 22.0 Å². The monoisotopic (exact) mass is 550 g/mol. The lowest BCUT2D eigenvalue weighted by molar-refractivity contribution is -0.688. The van der Waals surface area contributed by atoms with E-state index in [1.54, 1.807) is 0 Å². The van der Waals surface area contributed by atoms with E-state index >= 15 is 0 Å². The average molecular weight is 551 g/mol. The Morgan fingerprint density at radius 1 is 0.667 bits per heavy atom. The zero-order valence-corrected chi connectivity index (χ0v) is 23.7. The van der Waals surface area contributed by atoms with Crippen molar-refractivity contribution in [1.82, 2.24) is 0 Å². The molecule has 0 radical (unpaired) electrons. The number of unbranched alkanes of at least 4 members (excludes halogenated alkanes) is 15. The molecule has 218 valence electrons. The van der Waals surface area contributed by atoms with Crippen molar-refractivity contribution < 1.29 is 26.6 Å². The van der Waals surface area contributed by atoms with Crippen LogP contribution in [0.3, 0.4) is 0 Å². The molecule has 0 aliphatic heterocycles. The molecule has 0 unspecified atom stereocenters. The van der Waals surface area contributed by atoms with Gasteiger partial charge in [0, 0.05) is 17.7 Å². The van der Waals surface area contributed by atoms with Gasteiger partial charge in [-0.15, -0.1) is 0 Å². The lowest BCUT2D eigenvalue weighted by Gasteiger charge is -2.07. The van der Waals surface area contributed by atoms with Gasteiger partial charge in [-0.3, -0.25) is 0 Å². The Morgan fingerprint density at radius 3 is 1.49 bits per heavy atom. The number of halogens is 4. The predicted octanol–water partition coefficient (Wildman–Crippen LogP) is 9.83. The van der Waals surface area contributed by atoms with Crippen molar-refractivity contribution >= 4 is 7.25 Å². The third-order valence-electron chi connectivity index (χ3n) is 6.58. The molecule has 3 nitrogen and oxygen atoms in total. The minimum absolute atomic E-state index is 0.689. The van der Waals surface area contributed by atoms with Gasteiger partial charge in [-0.1, -0.05) is 103 Å². The van der Waals surface area contributed by atoms with E-state index in [1.165, 1.54) is 102 Å². The van der Waals surface area contributed by atoms with Gasteiger partial charge >= 0.3 is 7.25 Å². The topological polar surface area (TPSA) is 36.9 Å². The highest BCUT2D eigenvalue weighted by molar-refractivity contribution is 6.50. The van der Waals surface area contributed by atoms with Crippen LogP contribution in [0.1, 0.15) is 121 Å². The first-order valence-corrected chi connectivity index (χ1v) is 14.8. The number of nitrogens with zero attached hydrogens (tertiary/aromatic N) is 2. The molecule has 0 bridgehead atoms. The van der Waals surface area contributed by atoms with Crippen molar-refractivity contribution in [2.75, 3.05) is 6.61 Å². The van der Waals surface area contributed by atoms with Crippen LogP contribution in [-0.2, 0) is 6.54 Å². The summed E-state index contributed by atoms with van der Waals surface area (Å²) < 4.78 is 47.0. The molecule has 0 spiro atoms. The van der Waals surface area contributed by atoms with Crippen molar-refractivity contribution in [3.05, 3.63) is 59.9 Å². The van der Waals surface area contributed by atoms with E-state index < -0.39 is 7.25 Å². The van der Waals surface area contributed by atoms with Crippen LogP contribution in [0.4, 0.5) is 17.3 Å². The van der Waals surface area contributed by atoms with E-state index in [4.69, 9.17) is 10.00 Å². The van der Waals surface area contributed by atoms with Gasteiger partial charge in [0.1, 0.15) is 5.75 Å². The molecule has 39 heavy (non-hydrogen) atoms. The summed E-state index contributed by atoms with van der Waals surface area (Å²) in [5.74, 6) is 0.953. The fourth-order valence-electron chi connectivity index (χ4n) is 4.38. The first-order valence-electron chi connectivity index (χ1n) is 14.8. The highest BCUT2D eigenvalue weighted by atomic mass is 19.5. The van der Waals surface area contributed by atoms with Gasteiger partial charge in [-0.2, -0.15) is 5.26 Å². The Kier molecular flexibility index (Phi) is 19.7. The molecule has 0 aliphatic rings. The second-order valence-corrected chi connectivity index (χ2v) is 10.2. The molecule has 0 atom stereocenters. The van der Waals surface area contributed by atoms with Gasteiger partial charge in [0.25, 0.3) is 0 Å². The zero-order chi connectivity index (χ0) is 28.6. The van der Waals surface area contributed by atoms with Crippen LogP contribution in [0.15, 0.2) is 48.8 Å². The Labute approximate surface area is 233 Å². The molecule has 0 N–H and O–H groups in total. The first-order chi connectivity index (χ1) is 18.8. The molecule has 0 amide bonds. The Bertz CT molecular complexity index is 877. The lowest BCUT2D eigenvalue weighted by atomic mass is 10.0. The fourth-order valence-corrected chi connectivity index (χ4v) is 4.38. The Balaban J connectivity index is 0.00000139. The maximum Gasteiger partial charge on any atom is 0.673 e. The predicted molar refractivity (Wildman–Crippen MR) is 152 cm³/mol. The van der Waals surface area contributed by atoms with E-state index in [1.807, 2.05) is 24.5 Å². The van der Waals surface area contributed by atoms with Crippen LogP contribution >= 0.6 is 0 Å². The lowest BCUT2D eigenvalue weighted by Crippen LogP contribution is -2.33. The number of aromatic nitrogens is 1. The van der Waals surface area contributed by atoms with Gasteiger partial charge in [0.05, 0.1) is 18.2 Å². The van der Waals surface area contributed by atoms with Gasteiger partial charge in [0.2, 0.25) is 0 Å². The molecule has 1 aromatic carbocycles. The van der Waals surface area contributed by atoms with E-state index in [2.05, 4.69) is 41.8 Å². The summed E-state index contributed by atoms with van der Waals surface area (Å²) >= 11 is 0. The van der Waals surface area contributed by atoms with Gasteiger partial charge in [0.15, 0.2) is 18.9 Å². The molecule has 0 saturated heterocycles. The van der Waals surface area contributed by atoms with Gasteiger partial charge in [-0.05, 0) is 30.7 Å². The number of hydrogen-bond donors (Lipinski definition) is 0. The summed E-state index contributed by atoms with van der Waals surface area (Å²) in [5, 5.41) is 8.89. The molecule has 1 aromatic heterocycles. The second kappa shape index (κ2) is 22.3. The van der Waals surface area contributed by atoms with Crippen molar-refractivity contribution in [2.45, 2.75) is 116 Å². The Hall–Kier alpha value is -2.56. The summed E-state index contributed by atoms with van der Waals surface area (Å²) in [6.07, 6.45) is 26.2. The van der Waals surface area contributed by atoms with Crippen LogP contribution in [0, 0.1) is 11.3 Å². The third-order valence-corrected chi connectivity index (χ3v) is 6.58. The van der Waals surface area contributed by atoms with Crippen LogP contribution in [0.2, 0.25) is 0 Å². The summed E-state index contributed by atoms with van der Waals surface area (Å²) in [7, 11) is -6.00. The van der Waals surface area contributed by atoms with E-state index in [0.29, 0.717) is 5.56 Å². The third kappa shape index (κ3) is 22.0. The number of rotatable bonds is 20. The molecule has 1 heterocycles. The Morgan fingerprint density at radius 2 is 1.08 bits per heavy atom. The number of pyridine rings is 1. The number of hydrogen-bond acceptors (Lipinski definition) is 2. The maximum absolute atomic E-state index is 9.75. The molecular formula is C31H47BF4N2O. The smallest absolute Gasteiger partial charge is 0.494 e. The number of benzene rings is 1. The summed E-state index contributed by atoms with van der Waals surface area (Å²) in [5.41, 5.74) is 1.92. The standard InChI is InChI=1S/C31H47N2O.BF4/c1-2-3-4-5-6-7-8-9-10-11-12-13-14-15-16-17-26-34-31-20-18-30(19-21-31)28-33-24-22-29(27-32)23-25-33;2-1(3,4)5/h18-25H,2-17,26,28H2,1H3;/q+1;-1. The summed E-state index contributed by atoms with van der Waals surface area (Å²) in [6, 6.07) is 14.2. The molecule has 2 rings (SSSR count). The molecule has 0 fully saturated rings. The molecule has 8 heteroatoms. The van der Waals surface area contributed by atoms with Crippen LogP contribution in [-0.4, -0.2) is 13.9 Å². The molecular weight excluding hydrogens is 503 g/mol. The van der Waals surface area contributed by atoms with E-state index in [-0.39, 0.29) is 0 Å². The van der Waals surface area contributed by atoms with Crippen LogP contribution in [0.25, 0.3) is 0 Å². The number of ether oxygens (including phenoxy) is 1. The fraction of sp³-hybridized carbons (Fsp3) is 0.613. The van der Waals surface area contributed by atoms with Crippen molar-refractivity contribution in [1.29, 1.82) is 5.26 Å². The molecule has 0 saturated carbocycles. The quantitative estimate of drug-likeness (QED) is 0.0712. The highest BCUT2D eigenvalue weighted by Gasteiger charge is 2.20.